The molecular formula is C39H56FN9O4. The van der Waals surface area contributed by atoms with E-state index in [-0.39, 0.29) is 23.6 Å². The number of carbonyl (C=O) groups is 3. The molecule has 3 heterocycles. The predicted octanol–water partition coefficient (Wildman–Crippen LogP) is 4.30. The monoisotopic (exact) mass is 733 g/mol. The highest BCUT2D eigenvalue weighted by Gasteiger charge is 2.36. The molecule has 1 unspecified atom stereocenters. The van der Waals surface area contributed by atoms with E-state index in [0.29, 0.717) is 48.4 Å². The Morgan fingerprint density at radius 2 is 1.64 bits per heavy atom. The maximum Gasteiger partial charge on any atom is 0.270 e. The number of amides is 3. The fourth-order valence-corrected chi connectivity index (χ4v) is 7.64. The van der Waals surface area contributed by atoms with E-state index < -0.39 is 41.9 Å². The van der Waals surface area contributed by atoms with Gasteiger partial charge in [-0.25, -0.2) is 4.39 Å². The molecule has 4 atom stereocenters. The van der Waals surface area contributed by atoms with Crippen molar-refractivity contribution in [2.24, 2.45) is 17.8 Å². The number of rotatable bonds is 14. The molecule has 2 aliphatic carbocycles. The number of nitrogens with zero attached hydrogens (tertiary/aromatic N) is 6. The van der Waals surface area contributed by atoms with Crippen LogP contribution in [0.3, 0.4) is 0 Å². The van der Waals surface area contributed by atoms with E-state index in [1.54, 1.807) is 44.9 Å². The number of aliphatic hydroxyl groups excluding tert-OH is 1. The van der Waals surface area contributed by atoms with Gasteiger partial charge in [-0.2, -0.15) is 10.2 Å². The summed E-state index contributed by atoms with van der Waals surface area (Å²) in [6, 6.07) is 6.15. The number of likely N-dealkylation sites (N-methyl/N-ethyl adjacent to an activating group) is 1. The minimum atomic E-state index is -1.17. The fourth-order valence-electron chi connectivity index (χ4n) is 7.64. The van der Waals surface area contributed by atoms with Crippen LogP contribution in [0.15, 0.2) is 42.7 Å². The molecular weight excluding hydrogens is 677 g/mol. The van der Waals surface area contributed by atoms with Gasteiger partial charge < -0.3 is 25.5 Å². The van der Waals surface area contributed by atoms with Crippen molar-refractivity contribution in [2.75, 3.05) is 38.5 Å². The molecule has 2 saturated carbocycles. The van der Waals surface area contributed by atoms with Crippen LogP contribution in [-0.4, -0.2) is 97.5 Å². The van der Waals surface area contributed by atoms with Crippen molar-refractivity contribution in [3.8, 4) is 0 Å². The first-order chi connectivity index (χ1) is 25.4. The number of aromatic nitrogens is 4. The molecule has 14 heteroatoms. The largest absolute Gasteiger partial charge is 0.373 e. The molecule has 3 aliphatic rings. The third kappa shape index (κ3) is 9.33. The summed E-state index contributed by atoms with van der Waals surface area (Å²) in [6.45, 7) is 11.1. The van der Waals surface area contributed by atoms with Gasteiger partial charge in [0.1, 0.15) is 23.8 Å². The number of hydrogen-bond acceptors (Lipinski definition) is 8. The predicted molar refractivity (Wildman–Crippen MR) is 199 cm³/mol. The summed E-state index contributed by atoms with van der Waals surface area (Å²) in [5, 5.41) is 29.0. The summed E-state index contributed by atoms with van der Waals surface area (Å²) in [4.78, 5) is 45.4. The molecule has 3 amide bonds. The van der Waals surface area contributed by atoms with Gasteiger partial charge in [0.05, 0.1) is 17.4 Å². The van der Waals surface area contributed by atoms with Crippen LogP contribution in [0.4, 0.5) is 10.1 Å². The first-order valence-corrected chi connectivity index (χ1v) is 19.3. The van der Waals surface area contributed by atoms with Gasteiger partial charge in [0.25, 0.3) is 5.91 Å². The lowest BCUT2D eigenvalue weighted by Crippen LogP contribution is -2.55. The summed E-state index contributed by atoms with van der Waals surface area (Å²) in [7, 11) is 2.02. The Bertz CT molecular complexity index is 1720. The zero-order chi connectivity index (χ0) is 37.8. The summed E-state index contributed by atoms with van der Waals surface area (Å²) in [6.07, 6.45) is 7.72. The van der Waals surface area contributed by atoms with Gasteiger partial charge in [0, 0.05) is 57.1 Å². The average molecular weight is 734 g/mol. The highest BCUT2D eigenvalue weighted by Crippen LogP contribution is 2.33. The molecule has 13 nitrogen and oxygen atoms in total. The standard InChI is InChI=1S/C39H56FN9O4/c1-24(2)49-33(15-17-42-49)37(51)45-35(28-10-6-25(3)7-11-28)38(52)43-31-13-12-29(22-30(31)40)26(4)34(39(53)47-20-18-46(5)19-21-47)44-36(50)32-14-16-41-48(32)23-27-8-9-27/h12-17,22,24-28,34-36,44,50H,6-11,18-21,23H2,1-5H3,(H,43,52)(H,45,51)/t25-,26-,28-,34+,35-,36?/m0/s1. The van der Waals surface area contributed by atoms with Gasteiger partial charge in [0.2, 0.25) is 11.8 Å². The Morgan fingerprint density at radius 3 is 2.30 bits per heavy atom. The van der Waals surface area contributed by atoms with Crippen molar-refractivity contribution >= 4 is 23.4 Å². The molecule has 3 fully saturated rings. The lowest BCUT2D eigenvalue weighted by Gasteiger charge is -2.37. The highest BCUT2D eigenvalue weighted by atomic mass is 19.1. The summed E-state index contributed by atoms with van der Waals surface area (Å²) in [5.41, 5.74) is 1.46. The Kier molecular flexibility index (Phi) is 12.3. The van der Waals surface area contributed by atoms with Crippen LogP contribution in [0.5, 0.6) is 0 Å². The number of anilines is 1. The highest BCUT2D eigenvalue weighted by molar-refractivity contribution is 6.00. The molecule has 3 aromatic rings. The SMILES string of the molecule is CC(C)n1nccc1C(=O)N[C@H](C(=O)Nc1ccc([C@H](C)[C@@H](NC(O)c2ccnn2CC2CC2)C(=O)N2CCN(C)CC2)cc1F)[C@H]1CC[C@H](C)CC1. The summed E-state index contributed by atoms with van der Waals surface area (Å²) < 4.78 is 19.4. The van der Waals surface area contributed by atoms with E-state index in [9.17, 15) is 19.5 Å². The van der Waals surface area contributed by atoms with E-state index in [4.69, 9.17) is 0 Å². The van der Waals surface area contributed by atoms with Gasteiger partial charge in [-0.15, -0.1) is 0 Å². The lowest BCUT2D eigenvalue weighted by atomic mass is 9.79. The Balaban J connectivity index is 1.20. The smallest absolute Gasteiger partial charge is 0.270 e. The number of piperazine rings is 1. The number of halogens is 1. The Morgan fingerprint density at radius 1 is 0.943 bits per heavy atom. The quantitative estimate of drug-likeness (QED) is 0.179. The Labute approximate surface area is 311 Å². The second kappa shape index (κ2) is 16.9. The first-order valence-electron chi connectivity index (χ1n) is 19.3. The van der Waals surface area contributed by atoms with Crippen LogP contribution in [0.1, 0.15) is 106 Å². The van der Waals surface area contributed by atoms with Crippen molar-refractivity contribution in [3.05, 3.63) is 65.5 Å². The maximum absolute atomic E-state index is 16.0. The first kappa shape index (κ1) is 38.6. The molecule has 0 bridgehead atoms. The van der Waals surface area contributed by atoms with Crippen LogP contribution in [-0.2, 0) is 16.1 Å². The third-order valence-corrected chi connectivity index (χ3v) is 11.3. The minimum Gasteiger partial charge on any atom is -0.373 e. The van der Waals surface area contributed by atoms with Crippen LogP contribution in [0.2, 0.25) is 0 Å². The number of aliphatic hydroxyl groups is 1. The summed E-state index contributed by atoms with van der Waals surface area (Å²) in [5.74, 6) is -1.29. The Hall–Kier alpha value is -4.14. The molecule has 288 valence electrons. The number of carbonyl (C=O) groups excluding carboxylic acids is 3. The molecule has 0 radical (unpaired) electrons. The van der Waals surface area contributed by atoms with Crippen molar-refractivity contribution in [3.63, 3.8) is 0 Å². The second-order valence-electron chi connectivity index (χ2n) is 15.8. The van der Waals surface area contributed by atoms with Gasteiger partial charge in [-0.1, -0.05) is 32.8 Å². The van der Waals surface area contributed by atoms with Gasteiger partial charge >= 0.3 is 0 Å². The number of nitrogens with one attached hydrogen (secondary N) is 3. The van der Waals surface area contributed by atoms with Crippen LogP contribution >= 0.6 is 0 Å². The fraction of sp³-hybridized carbons (Fsp3) is 0.615. The van der Waals surface area contributed by atoms with Crippen LogP contribution < -0.4 is 16.0 Å². The van der Waals surface area contributed by atoms with Gasteiger partial charge in [-0.3, -0.25) is 29.1 Å². The molecule has 2 aromatic heterocycles. The van der Waals surface area contributed by atoms with E-state index in [1.807, 2.05) is 27.8 Å². The number of hydrogen-bond donors (Lipinski definition) is 4. The molecule has 0 spiro atoms. The molecule has 53 heavy (non-hydrogen) atoms. The molecule has 1 aromatic carbocycles. The van der Waals surface area contributed by atoms with E-state index in [1.165, 1.54) is 12.1 Å². The topological polar surface area (TPSA) is 150 Å². The summed E-state index contributed by atoms with van der Waals surface area (Å²) >= 11 is 0. The van der Waals surface area contributed by atoms with Crippen molar-refractivity contribution in [1.82, 2.24) is 40.0 Å². The maximum atomic E-state index is 16.0. The molecule has 4 N–H and O–H groups in total. The van der Waals surface area contributed by atoms with Gasteiger partial charge in [0.15, 0.2) is 0 Å². The zero-order valence-corrected chi connectivity index (χ0v) is 31.7. The molecule has 6 rings (SSSR count). The number of benzene rings is 1. The minimum absolute atomic E-state index is 0.0134. The average Bonchev–Trinajstić information content (AvgIpc) is 3.59. The van der Waals surface area contributed by atoms with E-state index in [2.05, 4.69) is 38.0 Å². The van der Waals surface area contributed by atoms with Crippen LogP contribution in [0, 0.1) is 23.6 Å². The van der Waals surface area contributed by atoms with Crippen LogP contribution in [0.25, 0.3) is 0 Å². The second-order valence-corrected chi connectivity index (χ2v) is 15.8. The van der Waals surface area contributed by atoms with Crippen molar-refractivity contribution in [2.45, 2.75) is 103 Å². The lowest BCUT2D eigenvalue weighted by molar-refractivity contribution is -0.136. The third-order valence-electron chi connectivity index (χ3n) is 11.3. The van der Waals surface area contributed by atoms with Crippen molar-refractivity contribution in [1.29, 1.82) is 0 Å². The molecule has 1 saturated heterocycles. The normalized spacial score (nSPS) is 21.9. The van der Waals surface area contributed by atoms with E-state index >= 15 is 4.39 Å². The van der Waals surface area contributed by atoms with E-state index in [0.717, 1.165) is 51.6 Å². The molecule has 1 aliphatic heterocycles. The zero-order valence-electron chi connectivity index (χ0n) is 31.7. The van der Waals surface area contributed by atoms with Crippen molar-refractivity contribution < 1.29 is 23.9 Å². The van der Waals surface area contributed by atoms with Gasteiger partial charge in [-0.05, 0) is 94.2 Å².